The van der Waals surface area contributed by atoms with Crippen LogP contribution >= 0.6 is 0 Å². The largest absolute Gasteiger partial charge is 0.507 e. The molecule has 3 N–H and O–H groups in total. The summed E-state index contributed by atoms with van der Waals surface area (Å²) in [6, 6.07) is 8.53. The van der Waals surface area contributed by atoms with Gasteiger partial charge in [-0.1, -0.05) is 12.1 Å². The van der Waals surface area contributed by atoms with Gasteiger partial charge in [0.25, 0.3) is 0 Å². The summed E-state index contributed by atoms with van der Waals surface area (Å²) in [7, 11) is 0. The van der Waals surface area contributed by atoms with Gasteiger partial charge in [-0.15, -0.1) is 0 Å². The van der Waals surface area contributed by atoms with E-state index in [0.717, 1.165) is 5.56 Å². The lowest BCUT2D eigenvalue weighted by molar-refractivity contribution is 0.407. The number of aromatic nitrogens is 1. The van der Waals surface area contributed by atoms with Crippen LogP contribution in [0.2, 0.25) is 0 Å². The molecule has 100 valence electrons. The number of phenolic OH excluding ortho intramolecular Hbond substituents is 2. The molecule has 1 aromatic heterocycles. The molecule has 0 aliphatic carbocycles. The molecule has 0 radical (unpaired) electrons. The van der Waals surface area contributed by atoms with Gasteiger partial charge in [-0.25, -0.2) is 0 Å². The maximum atomic E-state index is 9.83. The van der Waals surface area contributed by atoms with E-state index in [0.29, 0.717) is 5.56 Å². The summed E-state index contributed by atoms with van der Waals surface area (Å²) >= 11 is 0. The third-order valence-corrected chi connectivity index (χ3v) is 3.18. The summed E-state index contributed by atoms with van der Waals surface area (Å²) in [6.45, 7) is 3.92. The van der Waals surface area contributed by atoms with Crippen LogP contribution in [0.25, 0.3) is 0 Å². The molecule has 0 spiro atoms. The number of nitrogens with one attached hydrogen (secondary N) is 1. The van der Waals surface area contributed by atoms with Crippen LogP contribution in [0.15, 0.2) is 42.7 Å². The van der Waals surface area contributed by atoms with Gasteiger partial charge in [0.05, 0.1) is 5.56 Å². The highest BCUT2D eigenvalue weighted by atomic mass is 16.3. The molecule has 0 amide bonds. The first-order valence-electron chi connectivity index (χ1n) is 6.26. The van der Waals surface area contributed by atoms with E-state index in [2.05, 4.69) is 10.3 Å². The molecule has 0 saturated carbocycles. The van der Waals surface area contributed by atoms with Gasteiger partial charge in [-0.2, -0.15) is 0 Å². The fraction of sp³-hybridized carbons (Fsp3) is 0.267. The highest BCUT2D eigenvalue weighted by Crippen LogP contribution is 2.33. The van der Waals surface area contributed by atoms with Crippen LogP contribution in [-0.2, 0) is 0 Å². The standard InChI is InChI=1S/C15H18N2O2/c1-10(12-5-4-8-16-9-12)17-11(2)15-13(18)6-3-7-14(15)19/h3-11,17-19H,1-2H3/t10-,11?/m0/s1. The number of rotatable bonds is 4. The summed E-state index contributed by atoms with van der Waals surface area (Å²) in [5, 5.41) is 23.0. The Bertz CT molecular complexity index is 523. The Morgan fingerprint density at radius 2 is 1.68 bits per heavy atom. The van der Waals surface area contributed by atoms with Crippen molar-refractivity contribution in [2.75, 3.05) is 0 Å². The molecule has 1 aromatic carbocycles. The average Bonchev–Trinajstić information content (AvgIpc) is 2.39. The lowest BCUT2D eigenvalue weighted by Crippen LogP contribution is -2.22. The monoisotopic (exact) mass is 258 g/mol. The highest BCUT2D eigenvalue weighted by molar-refractivity contribution is 5.45. The average molecular weight is 258 g/mol. The van der Waals surface area contributed by atoms with E-state index in [1.165, 1.54) is 0 Å². The van der Waals surface area contributed by atoms with Crippen molar-refractivity contribution in [3.05, 3.63) is 53.9 Å². The topological polar surface area (TPSA) is 65.4 Å². The molecule has 0 aliphatic rings. The Hall–Kier alpha value is -2.07. The van der Waals surface area contributed by atoms with E-state index in [4.69, 9.17) is 0 Å². The minimum absolute atomic E-state index is 0.0720. The van der Waals surface area contributed by atoms with E-state index in [9.17, 15) is 10.2 Å². The van der Waals surface area contributed by atoms with Crippen molar-refractivity contribution in [1.29, 1.82) is 0 Å². The number of hydrogen-bond donors (Lipinski definition) is 3. The summed E-state index contributed by atoms with van der Waals surface area (Å²) in [5.41, 5.74) is 1.57. The highest BCUT2D eigenvalue weighted by Gasteiger charge is 2.17. The first-order valence-corrected chi connectivity index (χ1v) is 6.26. The Balaban J connectivity index is 2.15. The minimum Gasteiger partial charge on any atom is -0.507 e. The fourth-order valence-corrected chi connectivity index (χ4v) is 2.17. The van der Waals surface area contributed by atoms with Crippen LogP contribution < -0.4 is 5.32 Å². The molecule has 1 unspecified atom stereocenters. The van der Waals surface area contributed by atoms with E-state index < -0.39 is 0 Å². The molecular weight excluding hydrogens is 240 g/mol. The zero-order valence-corrected chi connectivity index (χ0v) is 11.0. The van der Waals surface area contributed by atoms with Crippen molar-refractivity contribution >= 4 is 0 Å². The van der Waals surface area contributed by atoms with Crippen LogP contribution in [0.4, 0.5) is 0 Å². The number of hydrogen-bond acceptors (Lipinski definition) is 4. The summed E-state index contributed by atoms with van der Waals surface area (Å²) in [5.74, 6) is 0.191. The summed E-state index contributed by atoms with van der Waals surface area (Å²) in [6.07, 6.45) is 3.53. The molecule has 1 heterocycles. The van der Waals surface area contributed by atoms with Crippen LogP contribution in [-0.4, -0.2) is 15.2 Å². The first-order chi connectivity index (χ1) is 9.09. The molecular formula is C15H18N2O2. The molecule has 4 heteroatoms. The quantitative estimate of drug-likeness (QED) is 0.789. The lowest BCUT2D eigenvalue weighted by atomic mass is 10.0. The third kappa shape index (κ3) is 3.03. The van der Waals surface area contributed by atoms with E-state index in [-0.39, 0.29) is 23.6 Å². The third-order valence-electron chi connectivity index (χ3n) is 3.18. The van der Waals surface area contributed by atoms with Gasteiger partial charge in [0.15, 0.2) is 0 Å². The van der Waals surface area contributed by atoms with Gasteiger partial charge in [-0.05, 0) is 37.6 Å². The Kier molecular flexibility index (Phi) is 4.02. The van der Waals surface area contributed by atoms with Gasteiger partial charge < -0.3 is 15.5 Å². The SMILES string of the molecule is CC(N[C@@H](C)c1cccnc1)c1c(O)cccc1O. The van der Waals surface area contributed by atoms with Crippen molar-refractivity contribution in [3.63, 3.8) is 0 Å². The molecule has 2 atom stereocenters. The number of phenols is 2. The second-order valence-corrected chi connectivity index (χ2v) is 4.61. The fourth-order valence-electron chi connectivity index (χ4n) is 2.17. The molecule has 0 fully saturated rings. The van der Waals surface area contributed by atoms with Crippen molar-refractivity contribution in [3.8, 4) is 11.5 Å². The maximum Gasteiger partial charge on any atom is 0.124 e. The molecule has 0 bridgehead atoms. The van der Waals surface area contributed by atoms with Crippen molar-refractivity contribution < 1.29 is 10.2 Å². The molecule has 2 rings (SSSR count). The van der Waals surface area contributed by atoms with E-state index >= 15 is 0 Å². The molecule has 4 nitrogen and oxygen atoms in total. The van der Waals surface area contributed by atoms with Crippen LogP contribution in [0.5, 0.6) is 11.5 Å². The zero-order valence-electron chi connectivity index (χ0n) is 11.0. The van der Waals surface area contributed by atoms with Crippen LogP contribution in [0.1, 0.15) is 37.1 Å². The van der Waals surface area contributed by atoms with Gasteiger partial charge in [0.1, 0.15) is 11.5 Å². The maximum absolute atomic E-state index is 9.83. The Morgan fingerprint density at radius 3 is 2.26 bits per heavy atom. The number of benzene rings is 1. The molecule has 0 aliphatic heterocycles. The van der Waals surface area contributed by atoms with Crippen molar-refractivity contribution in [2.24, 2.45) is 0 Å². The van der Waals surface area contributed by atoms with Crippen molar-refractivity contribution in [1.82, 2.24) is 10.3 Å². The van der Waals surface area contributed by atoms with Gasteiger partial charge in [0.2, 0.25) is 0 Å². The van der Waals surface area contributed by atoms with Gasteiger partial charge in [0, 0.05) is 24.5 Å². The lowest BCUT2D eigenvalue weighted by Gasteiger charge is -2.21. The van der Waals surface area contributed by atoms with E-state index in [1.54, 1.807) is 30.6 Å². The molecule has 0 saturated heterocycles. The van der Waals surface area contributed by atoms with Gasteiger partial charge in [-0.3, -0.25) is 4.98 Å². The number of nitrogens with zero attached hydrogens (tertiary/aromatic N) is 1. The second kappa shape index (κ2) is 5.71. The predicted molar refractivity (Wildman–Crippen MR) is 74.0 cm³/mol. The summed E-state index contributed by atoms with van der Waals surface area (Å²) < 4.78 is 0. The number of pyridine rings is 1. The zero-order chi connectivity index (χ0) is 13.8. The first kappa shape index (κ1) is 13.4. The van der Waals surface area contributed by atoms with Crippen LogP contribution in [0, 0.1) is 0 Å². The van der Waals surface area contributed by atoms with Crippen molar-refractivity contribution in [2.45, 2.75) is 25.9 Å². The smallest absolute Gasteiger partial charge is 0.124 e. The van der Waals surface area contributed by atoms with E-state index in [1.807, 2.05) is 26.0 Å². The Morgan fingerprint density at radius 1 is 1.00 bits per heavy atom. The predicted octanol–water partition coefficient (Wildman–Crippen LogP) is 2.90. The van der Waals surface area contributed by atoms with Crippen LogP contribution in [0.3, 0.4) is 0 Å². The minimum atomic E-state index is -0.170. The Labute approximate surface area is 112 Å². The second-order valence-electron chi connectivity index (χ2n) is 4.61. The number of aromatic hydroxyl groups is 2. The van der Waals surface area contributed by atoms with Gasteiger partial charge >= 0.3 is 0 Å². The molecule has 19 heavy (non-hydrogen) atoms. The molecule has 2 aromatic rings. The normalized spacial score (nSPS) is 14.0. The summed E-state index contributed by atoms with van der Waals surface area (Å²) in [4.78, 5) is 4.08.